The molecule has 0 aliphatic heterocycles. The second-order valence-corrected chi connectivity index (χ2v) is 6.93. The summed E-state index contributed by atoms with van der Waals surface area (Å²) in [5.41, 5.74) is 0.506. The summed E-state index contributed by atoms with van der Waals surface area (Å²) in [4.78, 5) is 0.0614. The zero-order valence-electron chi connectivity index (χ0n) is 14.2. The van der Waals surface area contributed by atoms with Crippen molar-refractivity contribution in [1.82, 2.24) is 4.72 Å². The average Bonchev–Trinajstić information content (AvgIpc) is 2.65. The molecule has 0 saturated heterocycles. The van der Waals surface area contributed by atoms with Crippen LogP contribution in [0.1, 0.15) is 11.7 Å². The maximum Gasteiger partial charge on any atom is 0.240 e. The Morgan fingerprint density at radius 1 is 1.00 bits per heavy atom. The third kappa shape index (κ3) is 4.62. The van der Waals surface area contributed by atoms with E-state index in [9.17, 15) is 13.5 Å². The normalized spacial score (nSPS) is 12.5. The first kappa shape index (κ1) is 19.0. The summed E-state index contributed by atoms with van der Waals surface area (Å²) in [6.45, 7) is -0.185. The van der Waals surface area contributed by atoms with Gasteiger partial charge in [0.05, 0.1) is 32.3 Å². The van der Waals surface area contributed by atoms with Crippen molar-refractivity contribution < 1.29 is 27.7 Å². The first-order valence-corrected chi connectivity index (χ1v) is 8.93. The van der Waals surface area contributed by atoms with Gasteiger partial charge in [-0.3, -0.25) is 0 Å². The molecule has 1 atom stereocenters. The number of ether oxygens (including phenoxy) is 3. The molecule has 0 aliphatic rings. The highest BCUT2D eigenvalue weighted by molar-refractivity contribution is 7.89. The van der Waals surface area contributed by atoms with E-state index >= 15 is 0 Å². The van der Waals surface area contributed by atoms with Crippen LogP contribution in [0.5, 0.6) is 17.2 Å². The van der Waals surface area contributed by atoms with Crippen LogP contribution in [0.15, 0.2) is 47.4 Å². The number of rotatable bonds is 8. The lowest BCUT2D eigenvalue weighted by Gasteiger charge is -2.15. The van der Waals surface area contributed by atoms with Crippen molar-refractivity contribution in [3.63, 3.8) is 0 Å². The number of aliphatic hydroxyl groups excluding tert-OH is 1. The molecule has 0 aromatic heterocycles. The number of hydrogen-bond donors (Lipinski definition) is 2. The average molecular weight is 367 g/mol. The second-order valence-electron chi connectivity index (χ2n) is 5.16. The van der Waals surface area contributed by atoms with E-state index in [0.29, 0.717) is 22.8 Å². The highest BCUT2D eigenvalue weighted by Crippen LogP contribution is 2.30. The lowest BCUT2D eigenvalue weighted by Crippen LogP contribution is -2.28. The third-order valence-electron chi connectivity index (χ3n) is 3.61. The van der Waals surface area contributed by atoms with Gasteiger partial charge in [0, 0.05) is 12.6 Å². The van der Waals surface area contributed by atoms with Gasteiger partial charge >= 0.3 is 0 Å². The van der Waals surface area contributed by atoms with Crippen LogP contribution in [0.3, 0.4) is 0 Å². The molecule has 2 aromatic rings. The Morgan fingerprint density at radius 2 is 1.72 bits per heavy atom. The third-order valence-corrected chi connectivity index (χ3v) is 5.03. The van der Waals surface area contributed by atoms with Crippen LogP contribution >= 0.6 is 0 Å². The molecule has 7 nitrogen and oxygen atoms in total. The minimum absolute atomic E-state index is 0.0614. The van der Waals surface area contributed by atoms with Crippen molar-refractivity contribution in [3.05, 3.63) is 48.0 Å². The van der Waals surface area contributed by atoms with Crippen LogP contribution in [0.4, 0.5) is 0 Å². The van der Waals surface area contributed by atoms with E-state index < -0.39 is 16.1 Å². The SMILES string of the molecule is COc1cccc(S(=O)(=O)NCC(O)c2ccc(OC)c(OC)c2)c1. The lowest BCUT2D eigenvalue weighted by molar-refractivity contribution is 0.181. The molecule has 0 heterocycles. The maximum absolute atomic E-state index is 12.3. The van der Waals surface area contributed by atoms with Crippen molar-refractivity contribution in [2.45, 2.75) is 11.0 Å². The quantitative estimate of drug-likeness (QED) is 0.738. The van der Waals surface area contributed by atoms with Gasteiger partial charge in [-0.1, -0.05) is 12.1 Å². The summed E-state index contributed by atoms with van der Waals surface area (Å²) in [6, 6.07) is 11.0. The van der Waals surface area contributed by atoms with Gasteiger partial charge in [0.2, 0.25) is 10.0 Å². The zero-order valence-corrected chi connectivity index (χ0v) is 15.0. The number of benzene rings is 2. The van der Waals surface area contributed by atoms with Gasteiger partial charge in [-0.15, -0.1) is 0 Å². The number of sulfonamides is 1. The first-order valence-electron chi connectivity index (χ1n) is 7.45. The molecule has 0 fully saturated rings. The number of aliphatic hydroxyl groups is 1. The van der Waals surface area contributed by atoms with Crippen LogP contribution in [-0.4, -0.2) is 41.4 Å². The summed E-state index contributed by atoms with van der Waals surface area (Å²) in [5, 5.41) is 10.3. The predicted molar refractivity (Wildman–Crippen MR) is 92.7 cm³/mol. The van der Waals surface area contributed by atoms with Crippen molar-refractivity contribution in [2.24, 2.45) is 0 Å². The van der Waals surface area contributed by atoms with Gasteiger partial charge < -0.3 is 19.3 Å². The van der Waals surface area contributed by atoms with Crippen molar-refractivity contribution in [2.75, 3.05) is 27.9 Å². The van der Waals surface area contributed by atoms with Gasteiger partial charge in [0.25, 0.3) is 0 Å². The summed E-state index contributed by atoms with van der Waals surface area (Å²) in [6.07, 6.45) is -1.04. The van der Waals surface area contributed by atoms with E-state index in [1.807, 2.05) is 0 Å². The van der Waals surface area contributed by atoms with Gasteiger partial charge in [0.1, 0.15) is 5.75 Å². The highest BCUT2D eigenvalue weighted by atomic mass is 32.2. The van der Waals surface area contributed by atoms with E-state index in [2.05, 4.69) is 4.72 Å². The minimum Gasteiger partial charge on any atom is -0.497 e. The number of hydrogen-bond acceptors (Lipinski definition) is 6. The maximum atomic E-state index is 12.3. The molecule has 0 bridgehead atoms. The summed E-state index contributed by atoms with van der Waals surface area (Å²) in [5.74, 6) is 1.41. The minimum atomic E-state index is -3.77. The fourth-order valence-corrected chi connectivity index (χ4v) is 3.29. The number of methoxy groups -OCH3 is 3. The fourth-order valence-electron chi connectivity index (χ4n) is 2.22. The molecule has 0 amide bonds. The van der Waals surface area contributed by atoms with Crippen molar-refractivity contribution >= 4 is 10.0 Å². The molecule has 2 rings (SSSR count). The van der Waals surface area contributed by atoms with Crippen LogP contribution in [0, 0.1) is 0 Å². The fraction of sp³-hybridized carbons (Fsp3) is 0.294. The van der Waals surface area contributed by atoms with Gasteiger partial charge in [-0.05, 0) is 29.8 Å². The molecule has 136 valence electrons. The highest BCUT2D eigenvalue weighted by Gasteiger charge is 2.18. The summed E-state index contributed by atoms with van der Waals surface area (Å²) >= 11 is 0. The predicted octanol–water partition coefficient (Wildman–Crippen LogP) is 1.72. The monoisotopic (exact) mass is 367 g/mol. The Hall–Kier alpha value is -2.29. The topological polar surface area (TPSA) is 94.1 Å². The zero-order chi connectivity index (χ0) is 18.4. The Balaban J connectivity index is 2.11. The molecule has 0 radical (unpaired) electrons. The van der Waals surface area contributed by atoms with Crippen LogP contribution in [-0.2, 0) is 10.0 Å². The Bertz CT molecular complexity index is 822. The first-order chi connectivity index (χ1) is 11.9. The van der Waals surface area contributed by atoms with Gasteiger partial charge in [-0.2, -0.15) is 0 Å². The Kier molecular flexibility index (Phi) is 6.24. The van der Waals surface area contributed by atoms with Gasteiger partial charge in [-0.25, -0.2) is 13.1 Å². The lowest BCUT2D eigenvalue weighted by atomic mass is 10.1. The molecule has 1 unspecified atom stereocenters. The molecule has 2 aromatic carbocycles. The van der Waals surface area contributed by atoms with E-state index in [0.717, 1.165) is 0 Å². The Labute approximate surface area is 147 Å². The standard InChI is InChI=1S/C17H21NO6S/c1-22-13-5-4-6-14(10-13)25(20,21)18-11-15(19)12-7-8-16(23-2)17(9-12)24-3/h4-10,15,18-19H,11H2,1-3H3. The molecular weight excluding hydrogens is 346 g/mol. The van der Waals surface area contributed by atoms with Crippen molar-refractivity contribution in [1.29, 1.82) is 0 Å². The summed E-state index contributed by atoms with van der Waals surface area (Å²) < 4.78 is 42.4. The molecule has 8 heteroatoms. The molecule has 2 N–H and O–H groups in total. The molecule has 0 spiro atoms. The van der Waals surface area contributed by atoms with Gasteiger partial charge in [0.15, 0.2) is 11.5 Å². The second kappa shape index (κ2) is 8.19. The summed E-state index contributed by atoms with van der Waals surface area (Å²) in [7, 11) is 0.684. The largest absolute Gasteiger partial charge is 0.497 e. The smallest absolute Gasteiger partial charge is 0.240 e. The van der Waals surface area contributed by atoms with E-state index in [-0.39, 0.29) is 11.4 Å². The van der Waals surface area contributed by atoms with Crippen molar-refractivity contribution in [3.8, 4) is 17.2 Å². The molecule has 0 saturated carbocycles. The van der Waals surface area contributed by atoms with E-state index in [1.165, 1.54) is 33.5 Å². The molecule has 25 heavy (non-hydrogen) atoms. The van der Waals surface area contributed by atoms with Crippen LogP contribution < -0.4 is 18.9 Å². The van der Waals surface area contributed by atoms with E-state index in [4.69, 9.17) is 14.2 Å². The Morgan fingerprint density at radius 3 is 2.36 bits per heavy atom. The van der Waals surface area contributed by atoms with Crippen LogP contribution in [0.25, 0.3) is 0 Å². The van der Waals surface area contributed by atoms with Crippen LogP contribution in [0.2, 0.25) is 0 Å². The van der Waals surface area contributed by atoms with E-state index in [1.54, 1.807) is 30.3 Å². The molecular formula is C17H21NO6S. The molecule has 0 aliphatic carbocycles. The number of nitrogens with one attached hydrogen (secondary N) is 1.